The SMILES string of the molecule is CCc1ccc(C(F)(F)Oc2c(F)cc(CC)cc2F)cc1. The zero-order valence-corrected chi connectivity index (χ0v) is 12.3. The fourth-order valence-corrected chi connectivity index (χ4v) is 2.04. The number of rotatable bonds is 5. The Balaban J connectivity index is 2.31. The molecule has 1 nitrogen and oxygen atoms in total. The van der Waals surface area contributed by atoms with E-state index in [2.05, 4.69) is 4.74 Å². The predicted octanol–water partition coefficient (Wildman–Crippen LogP) is 5.22. The van der Waals surface area contributed by atoms with E-state index in [-0.39, 0.29) is 0 Å². The second-order valence-corrected chi connectivity index (χ2v) is 4.91. The normalized spacial score (nSPS) is 11.5. The highest BCUT2D eigenvalue weighted by molar-refractivity contribution is 5.33. The Bertz CT molecular complexity index is 627. The topological polar surface area (TPSA) is 9.23 Å². The van der Waals surface area contributed by atoms with Gasteiger partial charge in [0.05, 0.1) is 5.56 Å². The lowest BCUT2D eigenvalue weighted by Gasteiger charge is -2.19. The summed E-state index contributed by atoms with van der Waals surface area (Å²) in [5, 5.41) is 0. The van der Waals surface area contributed by atoms with Gasteiger partial charge in [-0.25, -0.2) is 8.78 Å². The van der Waals surface area contributed by atoms with E-state index in [9.17, 15) is 17.6 Å². The van der Waals surface area contributed by atoms with Crippen molar-refractivity contribution in [2.45, 2.75) is 32.8 Å². The van der Waals surface area contributed by atoms with Crippen molar-refractivity contribution in [3.05, 3.63) is 64.7 Å². The summed E-state index contributed by atoms with van der Waals surface area (Å²) in [4.78, 5) is 0. The van der Waals surface area contributed by atoms with Crippen molar-refractivity contribution in [1.29, 1.82) is 0 Å². The van der Waals surface area contributed by atoms with Crippen LogP contribution in [-0.2, 0) is 19.0 Å². The zero-order valence-electron chi connectivity index (χ0n) is 12.3. The molecule has 22 heavy (non-hydrogen) atoms. The number of hydrogen-bond donors (Lipinski definition) is 0. The van der Waals surface area contributed by atoms with Gasteiger partial charge in [-0.1, -0.05) is 26.0 Å². The highest BCUT2D eigenvalue weighted by Crippen LogP contribution is 2.35. The van der Waals surface area contributed by atoms with Crippen molar-refractivity contribution < 1.29 is 22.3 Å². The maximum absolute atomic E-state index is 14.1. The van der Waals surface area contributed by atoms with Gasteiger partial charge in [0.1, 0.15) is 0 Å². The first-order valence-corrected chi connectivity index (χ1v) is 7.01. The molecule has 0 saturated heterocycles. The van der Waals surface area contributed by atoms with Gasteiger partial charge in [-0.15, -0.1) is 0 Å². The van der Waals surface area contributed by atoms with Crippen LogP contribution in [-0.4, -0.2) is 0 Å². The zero-order chi connectivity index (χ0) is 16.3. The number of benzene rings is 2. The van der Waals surface area contributed by atoms with Gasteiger partial charge < -0.3 is 4.74 Å². The number of hydrogen-bond acceptors (Lipinski definition) is 1. The summed E-state index contributed by atoms with van der Waals surface area (Å²) in [7, 11) is 0. The van der Waals surface area contributed by atoms with E-state index in [0.717, 1.165) is 17.7 Å². The molecular weight excluding hydrogens is 296 g/mol. The maximum Gasteiger partial charge on any atom is 0.426 e. The number of halogens is 4. The minimum absolute atomic E-state index is 0.373. The second kappa shape index (κ2) is 6.38. The summed E-state index contributed by atoms with van der Waals surface area (Å²) in [5.74, 6) is -3.34. The van der Waals surface area contributed by atoms with E-state index in [1.54, 1.807) is 6.92 Å². The highest BCUT2D eigenvalue weighted by Gasteiger charge is 2.36. The molecule has 2 rings (SSSR count). The molecule has 0 aliphatic rings. The lowest BCUT2D eigenvalue weighted by Crippen LogP contribution is -2.23. The lowest BCUT2D eigenvalue weighted by atomic mass is 10.1. The number of aryl methyl sites for hydroxylation is 2. The van der Waals surface area contributed by atoms with Crippen molar-refractivity contribution in [1.82, 2.24) is 0 Å². The van der Waals surface area contributed by atoms with Crippen LogP contribution in [0.1, 0.15) is 30.5 Å². The predicted molar refractivity (Wildman–Crippen MR) is 76.1 cm³/mol. The average Bonchev–Trinajstić information content (AvgIpc) is 2.50. The first kappa shape index (κ1) is 16.3. The Labute approximate surface area is 126 Å². The molecule has 118 valence electrons. The molecule has 0 amide bonds. The van der Waals surface area contributed by atoms with Gasteiger partial charge in [-0.3, -0.25) is 0 Å². The van der Waals surface area contributed by atoms with Gasteiger partial charge >= 0.3 is 6.11 Å². The molecule has 0 fully saturated rings. The van der Waals surface area contributed by atoms with Crippen LogP contribution < -0.4 is 4.74 Å². The summed E-state index contributed by atoms with van der Waals surface area (Å²) >= 11 is 0. The molecule has 0 N–H and O–H groups in total. The van der Waals surface area contributed by atoms with Crippen LogP contribution in [0.2, 0.25) is 0 Å². The van der Waals surface area contributed by atoms with Crippen molar-refractivity contribution in [2.24, 2.45) is 0 Å². The molecule has 0 atom stereocenters. The molecule has 0 saturated carbocycles. The fourth-order valence-electron chi connectivity index (χ4n) is 2.04. The Morgan fingerprint density at radius 3 is 1.82 bits per heavy atom. The van der Waals surface area contributed by atoms with Crippen LogP contribution in [0.5, 0.6) is 5.75 Å². The molecule has 2 aromatic carbocycles. The first-order valence-electron chi connectivity index (χ1n) is 7.01. The maximum atomic E-state index is 14.1. The Kier molecular flexibility index (Phi) is 4.74. The van der Waals surface area contributed by atoms with Crippen LogP contribution in [0.4, 0.5) is 17.6 Å². The van der Waals surface area contributed by atoms with Crippen LogP contribution in [0, 0.1) is 11.6 Å². The average molecular weight is 312 g/mol. The molecule has 2 aromatic rings. The number of alkyl halides is 2. The number of ether oxygens (including phenoxy) is 1. The lowest BCUT2D eigenvalue weighted by molar-refractivity contribution is -0.188. The van der Waals surface area contributed by atoms with E-state index >= 15 is 0 Å². The van der Waals surface area contributed by atoms with E-state index in [4.69, 9.17) is 0 Å². The van der Waals surface area contributed by atoms with Gasteiger partial charge in [-0.2, -0.15) is 8.78 Å². The van der Waals surface area contributed by atoms with Crippen molar-refractivity contribution in [2.75, 3.05) is 0 Å². The fraction of sp³-hybridized carbons (Fsp3) is 0.294. The first-order chi connectivity index (χ1) is 10.4. The molecule has 0 bridgehead atoms. The van der Waals surface area contributed by atoms with Gasteiger partial charge in [0, 0.05) is 0 Å². The summed E-state index contributed by atoms with van der Waals surface area (Å²) in [6, 6.07) is 7.42. The molecule has 0 spiro atoms. The molecule has 5 heteroatoms. The molecule has 0 radical (unpaired) electrons. The Morgan fingerprint density at radius 1 is 0.864 bits per heavy atom. The molecule has 0 aliphatic carbocycles. The van der Waals surface area contributed by atoms with Crippen LogP contribution in [0.3, 0.4) is 0 Å². The van der Waals surface area contributed by atoms with Crippen molar-refractivity contribution >= 4 is 0 Å². The van der Waals surface area contributed by atoms with Gasteiger partial charge in [0.2, 0.25) is 0 Å². The third-order valence-corrected chi connectivity index (χ3v) is 3.39. The molecule has 0 aliphatic heterocycles. The van der Waals surface area contributed by atoms with E-state index in [0.29, 0.717) is 18.4 Å². The van der Waals surface area contributed by atoms with E-state index in [1.807, 2.05) is 6.92 Å². The quantitative estimate of drug-likeness (QED) is 0.688. The molecule has 0 heterocycles. The minimum atomic E-state index is -3.82. The summed E-state index contributed by atoms with van der Waals surface area (Å²) in [5.41, 5.74) is 0.797. The Hall–Kier alpha value is -2.04. The third kappa shape index (κ3) is 3.40. The molecule has 0 unspecified atom stereocenters. The van der Waals surface area contributed by atoms with Gasteiger partial charge in [-0.05, 0) is 48.2 Å². The third-order valence-electron chi connectivity index (χ3n) is 3.39. The van der Waals surface area contributed by atoms with E-state index in [1.165, 1.54) is 24.3 Å². The van der Waals surface area contributed by atoms with E-state index < -0.39 is 29.1 Å². The summed E-state index contributed by atoms with van der Waals surface area (Å²) < 4.78 is 60.0. The molecule has 0 aromatic heterocycles. The second-order valence-electron chi connectivity index (χ2n) is 4.91. The van der Waals surface area contributed by atoms with Gasteiger partial charge in [0.25, 0.3) is 0 Å². The Morgan fingerprint density at radius 2 is 1.36 bits per heavy atom. The van der Waals surface area contributed by atoms with Crippen LogP contribution in [0.25, 0.3) is 0 Å². The van der Waals surface area contributed by atoms with Crippen molar-refractivity contribution in [3.8, 4) is 5.75 Å². The summed E-state index contributed by atoms with van der Waals surface area (Å²) in [6.07, 6.45) is -2.72. The monoisotopic (exact) mass is 312 g/mol. The van der Waals surface area contributed by atoms with Crippen LogP contribution in [0.15, 0.2) is 36.4 Å². The van der Waals surface area contributed by atoms with Crippen LogP contribution >= 0.6 is 0 Å². The van der Waals surface area contributed by atoms with Gasteiger partial charge in [0.15, 0.2) is 17.4 Å². The largest absolute Gasteiger partial charge is 0.426 e. The summed E-state index contributed by atoms with van der Waals surface area (Å²) in [6.45, 7) is 3.60. The smallest absolute Gasteiger partial charge is 0.423 e. The minimum Gasteiger partial charge on any atom is -0.423 e. The molecular formula is C17H16F4O. The highest BCUT2D eigenvalue weighted by atomic mass is 19.3. The van der Waals surface area contributed by atoms with Crippen molar-refractivity contribution in [3.63, 3.8) is 0 Å². The standard InChI is InChI=1S/C17H16F4O/c1-3-11-5-7-13(8-6-11)17(20,21)22-16-14(18)9-12(4-2)10-15(16)19/h5-10H,3-4H2,1-2H3.